The first-order valence-corrected chi connectivity index (χ1v) is 10.8. The van der Waals surface area contributed by atoms with E-state index in [2.05, 4.69) is 58.3 Å². The highest BCUT2D eigenvalue weighted by Crippen LogP contribution is 2.28. The summed E-state index contributed by atoms with van der Waals surface area (Å²) >= 11 is 1.61. The van der Waals surface area contributed by atoms with E-state index in [1.165, 1.54) is 16.0 Å². The fourth-order valence-electron chi connectivity index (χ4n) is 3.64. The Morgan fingerprint density at radius 2 is 1.37 bits per heavy atom. The summed E-state index contributed by atoms with van der Waals surface area (Å²) in [5.74, 6) is 0.263. The summed E-state index contributed by atoms with van der Waals surface area (Å²) in [6, 6.07) is 25.0. The highest BCUT2D eigenvalue weighted by Gasteiger charge is 2.18. The standard InChI is InChI=1S/C24H26N2OS.2ClH/c27-22(24-12-11-23(28-24)21-9-5-2-6-10-21)13-14-25-15-17-26(18-16-25)19-20-7-3-1-4-8-20;;/h1-12H,13-19H2;2*1H. The summed E-state index contributed by atoms with van der Waals surface area (Å²) < 4.78 is 0. The molecular formula is C24H28Cl2N2OS. The molecule has 1 saturated heterocycles. The third-order valence-electron chi connectivity index (χ3n) is 5.31. The van der Waals surface area contributed by atoms with Crippen molar-refractivity contribution >= 4 is 41.9 Å². The lowest BCUT2D eigenvalue weighted by Gasteiger charge is -2.34. The lowest BCUT2D eigenvalue weighted by Crippen LogP contribution is -2.46. The van der Waals surface area contributed by atoms with Crippen molar-refractivity contribution in [2.75, 3.05) is 32.7 Å². The molecule has 3 aromatic rings. The second-order valence-corrected chi connectivity index (χ2v) is 8.39. The highest BCUT2D eigenvalue weighted by molar-refractivity contribution is 7.17. The van der Waals surface area contributed by atoms with E-state index in [1.807, 2.05) is 24.3 Å². The van der Waals surface area contributed by atoms with Gasteiger partial charge in [-0.1, -0.05) is 60.7 Å². The molecule has 1 aliphatic rings. The predicted octanol–water partition coefficient (Wildman–Crippen LogP) is 5.65. The number of thiophene rings is 1. The number of benzene rings is 2. The molecule has 2 aromatic carbocycles. The Bertz CT molecular complexity index is 894. The van der Waals surface area contributed by atoms with E-state index in [9.17, 15) is 4.79 Å². The van der Waals surface area contributed by atoms with Crippen LogP contribution in [-0.2, 0) is 6.54 Å². The van der Waals surface area contributed by atoms with Gasteiger partial charge in [0.15, 0.2) is 5.78 Å². The Labute approximate surface area is 195 Å². The van der Waals surface area contributed by atoms with Crippen LogP contribution < -0.4 is 0 Å². The average molecular weight is 463 g/mol. The van der Waals surface area contributed by atoms with Crippen LogP contribution in [0.15, 0.2) is 72.8 Å². The molecule has 0 saturated carbocycles. The topological polar surface area (TPSA) is 23.6 Å². The summed E-state index contributed by atoms with van der Waals surface area (Å²) in [6.45, 7) is 6.10. The van der Waals surface area contributed by atoms with Gasteiger partial charge in [0, 0.05) is 50.6 Å². The molecule has 0 aliphatic carbocycles. The first kappa shape index (κ1) is 24.6. The summed E-state index contributed by atoms with van der Waals surface area (Å²) in [5.41, 5.74) is 2.55. The maximum atomic E-state index is 12.6. The molecule has 0 bridgehead atoms. The predicted molar refractivity (Wildman–Crippen MR) is 131 cm³/mol. The Morgan fingerprint density at radius 3 is 2.03 bits per heavy atom. The van der Waals surface area contributed by atoms with E-state index in [-0.39, 0.29) is 30.6 Å². The SMILES string of the molecule is Cl.Cl.O=C(CCN1CCN(Cc2ccccc2)CC1)c1ccc(-c2ccccc2)s1. The van der Waals surface area contributed by atoms with E-state index < -0.39 is 0 Å². The van der Waals surface area contributed by atoms with Gasteiger partial charge in [-0.3, -0.25) is 9.69 Å². The van der Waals surface area contributed by atoms with Gasteiger partial charge in [-0.15, -0.1) is 36.2 Å². The van der Waals surface area contributed by atoms with E-state index in [1.54, 1.807) is 11.3 Å². The zero-order chi connectivity index (χ0) is 19.2. The molecule has 4 rings (SSSR count). The molecular weight excluding hydrogens is 435 g/mol. The van der Waals surface area contributed by atoms with Gasteiger partial charge in [0.25, 0.3) is 0 Å². The Kier molecular flexibility index (Phi) is 10.0. The Hall–Kier alpha value is -1.69. The van der Waals surface area contributed by atoms with Crippen molar-refractivity contribution < 1.29 is 4.79 Å². The third kappa shape index (κ3) is 6.66. The minimum Gasteiger partial charge on any atom is -0.300 e. The molecule has 0 atom stereocenters. The van der Waals surface area contributed by atoms with Crippen LogP contribution in [0.4, 0.5) is 0 Å². The minimum atomic E-state index is 0. The number of hydrogen-bond donors (Lipinski definition) is 0. The van der Waals surface area contributed by atoms with Crippen LogP contribution in [0.3, 0.4) is 0 Å². The lowest BCUT2D eigenvalue weighted by molar-refractivity contribution is 0.0926. The van der Waals surface area contributed by atoms with Crippen molar-refractivity contribution in [2.24, 2.45) is 0 Å². The molecule has 1 aromatic heterocycles. The smallest absolute Gasteiger partial charge is 0.174 e. The van der Waals surface area contributed by atoms with Gasteiger partial charge in [-0.2, -0.15) is 0 Å². The van der Waals surface area contributed by atoms with E-state index >= 15 is 0 Å². The van der Waals surface area contributed by atoms with Gasteiger partial charge in [0.2, 0.25) is 0 Å². The maximum absolute atomic E-state index is 12.6. The largest absolute Gasteiger partial charge is 0.300 e. The molecule has 0 radical (unpaired) electrons. The molecule has 0 spiro atoms. The normalized spacial score (nSPS) is 14.5. The molecule has 30 heavy (non-hydrogen) atoms. The molecule has 1 aliphatic heterocycles. The highest BCUT2D eigenvalue weighted by atomic mass is 35.5. The number of ketones is 1. The van der Waals surface area contributed by atoms with Crippen LogP contribution >= 0.6 is 36.2 Å². The van der Waals surface area contributed by atoms with Gasteiger partial charge in [0.1, 0.15) is 0 Å². The van der Waals surface area contributed by atoms with Crippen LogP contribution in [0.5, 0.6) is 0 Å². The summed E-state index contributed by atoms with van der Waals surface area (Å²) in [6.07, 6.45) is 0.605. The van der Waals surface area contributed by atoms with E-state index in [4.69, 9.17) is 0 Å². The van der Waals surface area contributed by atoms with Crippen LogP contribution in [0.2, 0.25) is 0 Å². The van der Waals surface area contributed by atoms with E-state index in [0.717, 1.165) is 44.1 Å². The van der Waals surface area contributed by atoms with Crippen molar-refractivity contribution in [3.63, 3.8) is 0 Å². The van der Waals surface area contributed by atoms with Crippen LogP contribution in [0.1, 0.15) is 21.7 Å². The number of Topliss-reactive ketones (excluding diaryl/α,β-unsaturated/α-hetero) is 1. The summed E-state index contributed by atoms with van der Waals surface area (Å²) in [5, 5.41) is 0. The minimum absolute atomic E-state index is 0. The zero-order valence-electron chi connectivity index (χ0n) is 16.9. The van der Waals surface area contributed by atoms with Crippen molar-refractivity contribution in [3.05, 3.63) is 83.2 Å². The number of nitrogens with zero attached hydrogens (tertiary/aromatic N) is 2. The van der Waals surface area contributed by atoms with Crippen LogP contribution in [0.25, 0.3) is 10.4 Å². The van der Waals surface area contributed by atoms with E-state index in [0.29, 0.717) is 6.42 Å². The Balaban J connectivity index is 0.00000160. The van der Waals surface area contributed by atoms with Crippen molar-refractivity contribution in [3.8, 4) is 10.4 Å². The zero-order valence-corrected chi connectivity index (χ0v) is 19.4. The molecule has 2 heterocycles. The van der Waals surface area contributed by atoms with Gasteiger partial charge in [-0.05, 0) is 23.3 Å². The fourth-order valence-corrected chi connectivity index (χ4v) is 4.62. The average Bonchev–Trinajstić information content (AvgIpc) is 3.25. The molecule has 0 unspecified atom stereocenters. The summed E-state index contributed by atoms with van der Waals surface area (Å²) in [4.78, 5) is 19.6. The molecule has 3 nitrogen and oxygen atoms in total. The molecule has 160 valence electrons. The van der Waals surface area contributed by atoms with Gasteiger partial charge in [-0.25, -0.2) is 0 Å². The quantitative estimate of drug-likeness (QED) is 0.423. The number of rotatable bonds is 7. The van der Waals surface area contributed by atoms with Crippen LogP contribution in [-0.4, -0.2) is 48.3 Å². The fraction of sp³-hybridized carbons (Fsp3) is 0.292. The molecule has 0 N–H and O–H groups in total. The van der Waals surface area contributed by atoms with Gasteiger partial charge in [0.05, 0.1) is 4.88 Å². The molecule has 0 amide bonds. The Morgan fingerprint density at radius 1 is 0.767 bits per heavy atom. The first-order chi connectivity index (χ1) is 13.8. The third-order valence-corrected chi connectivity index (χ3v) is 6.48. The second-order valence-electron chi connectivity index (χ2n) is 7.31. The molecule has 6 heteroatoms. The number of piperazine rings is 1. The van der Waals surface area contributed by atoms with Crippen molar-refractivity contribution in [2.45, 2.75) is 13.0 Å². The maximum Gasteiger partial charge on any atom is 0.174 e. The molecule has 1 fully saturated rings. The van der Waals surface area contributed by atoms with Gasteiger partial charge < -0.3 is 4.90 Å². The second kappa shape index (κ2) is 12.2. The van der Waals surface area contributed by atoms with Gasteiger partial charge >= 0.3 is 0 Å². The number of carbonyl (C=O) groups is 1. The number of hydrogen-bond acceptors (Lipinski definition) is 4. The van der Waals surface area contributed by atoms with Crippen molar-refractivity contribution in [1.82, 2.24) is 9.80 Å². The number of carbonyl (C=O) groups excluding carboxylic acids is 1. The number of halogens is 2. The lowest BCUT2D eigenvalue weighted by atomic mass is 10.1. The first-order valence-electron chi connectivity index (χ1n) is 9.95. The summed E-state index contributed by atoms with van der Waals surface area (Å²) in [7, 11) is 0. The van der Waals surface area contributed by atoms with Crippen molar-refractivity contribution in [1.29, 1.82) is 0 Å². The monoisotopic (exact) mass is 462 g/mol. The van der Waals surface area contributed by atoms with Crippen LogP contribution in [0, 0.1) is 0 Å².